The molecule has 1 aliphatic rings. The number of anilines is 1. The smallest absolute Gasteiger partial charge is 0.223 e. The van der Waals surface area contributed by atoms with E-state index in [2.05, 4.69) is 20.3 Å². The van der Waals surface area contributed by atoms with Gasteiger partial charge in [0.05, 0.1) is 29.7 Å². The predicted molar refractivity (Wildman–Crippen MR) is 103 cm³/mol. The first kappa shape index (κ1) is 17.7. The summed E-state index contributed by atoms with van der Waals surface area (Å²) in [6.45, 7) is 3.98. The zero-order valence-corrected chi connectivity index (χ0v) is 15.6. The summed E-state index contributed by atoms with van der Waals surface area (Å²) in [5.74, 6) is 1.24. The van der Waals surface area contributed by atoms with E-state index in [4.69, 9.17) is 4.74 Å². The van der Waals surface area contributed by atoms with Crippen LogP contribution < -0.4 is 10.1 Å². The summed E-state index contributed by atoms with van der Waals surface area (Å²) in [4.78, 5) is 13.3. The number of fused-ring (bicyclic) bond motifs is 1. The molecule has 27 heavy (non-hydrogen) atoms. The lowest BCUT2D eigenvalue weighted by Gasteiger charge is -2.26. The van der Waals surface area contributed by atoms with Gasteiger partial charge in [-0.25, -0.2) is 19.3 Å². The highest BCUT2D eigenvalue weighted by molar-refractivity contribution is 5.62. The molecule has 0 spiro atoms. The Hall–Kier alpha value is -2.70. The summed E-state index contributed by atoms with van der Waals surface area (Å²) in [5, 5.41) is 3.16. The van der Waals surface area contributed by atoms with Crippen molar-refractivity contribution in [2.24, 2.45) is 0 Å². The van der Waals surface area contributed by atoms with Gasteiger partial charge in [0.2, 0.25) is 5.95 Å². The van der Waals surface area contributed by atoms with Gasteiger partial charge in [-0.1, -0.05) is 12.8 Å². The molecule has 3 aromatic rings. The molecule has 4 rings (SSSR count). The third-order valence-electron chi connectivity index (χ3n) is 4.77. The first-order valence-corrected chi connectivity index (χ1v) is 9.48. The van der Waals surface area contributed by atoms with Crippen LogP contribution in [-0.4, -0.2) is 37.7 Å². The molecule has 3 heterocycles. The largest absolute Gasteiger partial charge is 0.491 e. The lowest BCUT2D eigenvalue weighted by Crippen LogP contribution is -2.34. The molecule has 3 aromatic heterocycles. The maximum absolute atomic E-state index is 14.1. The zero-order valence-electron chi connectivity index (χ0n) is 15.6. The second-order valence-electron chi connectivity index (χ2n) is 7.22. The van der Waals surface area contributed by atoms with Gasteiger partial charge < -0.3 is 10.1 Å². The summed E-state index contributed by atoms with van der Waals surface area (Å²) in [7, 11) is 0. The number of ether oxygens (including phenoxy) is 1. The van der Waals surface area contributed by atoms with Gasteiger partial charge in [0.1, 0.15) is 17.6 Å². The molecular weight excluding hydrogens is 345 g/mol. The van der Waals surface area contributed by atoms with E-state index in [1.165, 1.54) is 0 Å². The van der Waals surface area contributed by atoms with E-state index in [0.717, 1.165) is 42.0 Å². The number of hydrogen-bond donors (Lipinski definition) is 1. The summed E-state index contributed by atoms with van der Waals surface area (Å²) in [6.07, 6.45) is 8.04. The van der Waals surface area contributed by atoms with Crippen molar-refractivity contribution in [2.75, 3.05) is 5.32 Å². The minimum Gasteiger partial charge on any atom is -0.491 e. The van der Waals surface area contributed by atoms with E-state index in [1.54, 1.807) is 12.4 Å². The van der Waals surface area contributed by atoms with E-state index in [9.17, 15) is 4.39 Å². The average Bonchev–Trinajstić information content (AvgIpc) is 3.07. The fourth-order valence-electron chi connectivity index (χ4n) is 3.48. The molecule has 0 bridgehead atoms. The van der Waals surface area contributed by atoms with E-state index in [1.807, 2.05) is 42.6 Å². The Labute approximate surface area is 157 Å². The van der Waals surface area contributed by atoms with Crippen molar-refractivity contribution in [3.63, 3.8) is 0 Å². The summed E-state index contributed by atoms with van der Waals surface area (Å²) >= 11 is 0. The molecule has 1 N–H and O–H groups in total. The second-order valence-corrected chi connectivity index (χ2v) is 7.22. The number of rotatable bonds is 5. The maximum atomic E-state index is 14.1. The number of pyridine rings is 1. The minimum absolute atomic E-state index is 0.108. The summed E-state index contributed by atoms with van der Waals surface area (Å²) < 4.78 is 21.8. The van der Waals surface area contributed by atoms with Crippen molar-refractivity contribution in [3.05, 3.63) is 36.8 Å². The molecule has 7 heteroatoms. The third kappa shape index (κ3) is 3.86. The molecule has 0 amide bonds. The van der Waals surface area contributed by atoms with Crippen LogP contribution in [0, 0.1) is 0 Å². The third-order valence-corrected chi connectivity index (χ3v) is 4.77. The molecule has 2 atom stereocenters. The number of halogens is 1. The van der Waals surface area contributed by atoms with Crippen molar-refractivity contribution in [3.8, 4) is 17.1 Å². The highest BCUT2D eigenvalue weighted by Gasteiger charge is 2.25. The lowest BCUT2D eigenvalue weighted by molar-refractivity contribution is 0.229. The quantitative estimate of drug-likeness (QED) is 0.727. The lowest BCUT2D eigenvalue weighted by atomic mass is 9.94. The Morgan fingerprint density at radius 2 is 2.07 bits per heavy atom. The first-order valence-electron chi connectivity index (χ1n) is 9.48. The summed E-state index contributed by atoms with van der Waals surface area (Å²) in [5.41, 5.74) is 2.38. The second kappa shape index (κ2) is 7.50. The molecular formula is C20H24FN5O. The van der Waals surface area contributed by atoms with E-state index in [-0.39, 0.29) is 12.1 Å². The number of imidazole rings is 1. The number of hydrogen-bond acceptors (Lipinski definition) is 5. The minimum atomic E-state index is -0.846. The molecule has 1 fully saturated rings. The van der Waals surface area contributed by atoms with E-state index in [0.29, 0.717) is 12.4 Å². The van der Waals surface area contributed by atoms with Gasteiger partial charge in [-0.2, -0.15) is 0 Å². The highest BCUT2D eigenvalue weighted by atomic mass is 19.1. The van der Waals surface area contributed by atoms with Gasteiger partial charge in [0.15, 0.2) is 0 Å². The molecule has 0 unspecified atom stereocenters. The van der Waals surface area contributed by atoms with Crippen molar-refractivity contribution < 1.29 is 9.13 Å². The maximum Gasteiger partial charge on any atom is 0.223 e. The van der Waals surface area contributed by atoms with Crippen LogP contribution in [0.4, 0.5) is 10.3 Å². The van der Waals surface area contributed by atoms with Crippen molar-refractivity contribution >= 4 is 11.6 Å². The molecule has 0 aromatic carbocycles. The molecule has 1 aliphatic carbocycles. The van der Waals surface area contributed by atoms with Crippen LogP contribution in [0.2, 0.25) is 0 Å². The van der Waals surface area contributed by atoms with Crippen LogP contribution in [0.5, 0.6) is 5.75 Å². The van der Waals surface area contributed by atoms with Crippen molar-refractivity contribution in [1.29, 1.82) is 0 Å². The Bertz CT molecular complexity index is 926. The molecule has 0 aliphatic heterocycles. The molecule has 6 nitrogen and oxygen atoms in total. The van der Waals surface area contributed by atoms with Crippen molar-refractivity contribution in [1.82, 2.24) is 19.4 Å². The van der Waals surface area contributed by atoms with Crippen LogP contribution >= 0.6 is 0 Å². The number of nitrogens with zero attached hydrogens (tertiary/aromatic N) is 4. The number of alkyl halides is 1. The molecule has 0 radical (unpaired) electrons. The van der Waals surface area contributed by atoms with Crippen LogP contribution in [0.25, 0.3) is 17.0 Å². The van der Waals surface area contributed by atoms with Crippen LogP contribution in [0.1, 0.15) is 39.5 Å². The zero-order chi connectivity index (χ0) is 18.8. The highest BCUT2D eigenvalue weighted by Crippen LogP contribution is 2.25. The Balaban J connectivity index is 1.60. The predicted octanol–water partition coefficient (Wildman–Crippen LogP) is 4.27. The fourth-order valence-corrected chi connectivity index (χ4v) is 3.48. The van der Waals surface area contributed by atoms with Gasteiger partial charge in [-0.15, -0.1) is 0 Å². The van der Waals surface area contributed by atoms with Gasteiger partial charge in [0.25, 0.3) is 0 Å². The molecule has 0 saturated heterocycles. The summed E-state index contributed by atoms with van der Waals surface area (Å²) in [6, 6.07) is 5.43. The van der Waals surface area contributed by atoms with Gasteiger partial charge in [0, 0.05) is 18.5 Å². The SMILES string of the molecule is CC(C)Oc1ccn2c(-c3ccnc(N[C@H]4CCCC[C@@H]4F)n3)cnc2c1. The monoisotopic (exact) mass is 369 g/mol. The average molecular weight is 369 g/mol. The first-order chi connectivity index (χ1) is 13.1. The Morgan fingerprint density at radius 1 is 1.22 bits per heavy atom. The van der Waals surface area contributed by atoms with E-state index >= 15 is 0 Å². The normalized spacial score (nSPS) is 20.1. The van der Waals surface area contributed by atoms with Crippen LogP contribution in [-0.2, 0) is 0 Å². The van der Waals surface area contributed by atoms with Crippen LogP contribution in [0.3, 0.4) is 0 Å². The van der Waals surface area contributed by atoms with Crippen LogP contribution in [0.15, 0.2) is 36.8 Å². The number of aromatic nitrogens is 4. The standard InChI is InChI=1S/C20H24FN5O/c1-13(2)27-14-8-10-26-18(12-23-19(26)11-14)17-7-9-22-20(25-17)24-16-6-4-3-5-15(16)21/h7-13,15-16H,3-6H2,1-2H3,(H,22,24,25)/t15-,16-/m0/s1. The molecule has 1 saturated carbocycles. The topological polar surface area (TPSA) is 64.3 Å². The fraction of sp³-hybridized carbons (Fsp3) is 0.450. The number of nitrogens with one attached hydrogen (secondary N) is 1. The Morgan fingerprint density at radius 3 is 2.89 bits per heavy atom. The van der Waals surface area contributed by atoms with Crippen molar-refractivity contribution in [2.45, 2.75) is 57.8 Å². The molecule has 142 valence electrons. The van der Waals surface area contributed by atoms with Gasteiger partial charge in [-0.05, 0) is 38.8 Å². The van der Waals surface area contributed by atoms with E-state index < -0.39 is 6.17 Å². The Kier molecular flexibility index (Phi) is 4.92. The van der Waals surface area contributed by atoms with Gasteiger partial charge >= 0.3 is 0 Å². The van der Waals surface area contributed by atoms with Gasteiger partial charge in [-0.3, -0.25) is 4.40 Å².